The van der Waals surface area contributed by atoms with Gasteiger partial charge in [-0.2, -0.15) is 0 Å². The third-order valence-electron chi connectivity index (χ3n) is 3.43. The molecule has 0 radical (unpaired) electrons. The average molecular weight is 263 g/mol. The molecule has 2 amide bonds. The van der Waals surface area contributed by atoms with Crippen LogP contribution in [0.4, 0.5) is 5.69 Å². The van der Waals surface area contributed by atoms with Crippen molar-refractivity contribution in [3.8, 4) is 0 Å². The monoisotopic (exact) mass is 263 g/mol. The third-order valence-corrected chi connectivity index (χ3v) is 3.43. The predicted octanol–water partition coefficient (Wildman–Crippen LogP) is 1.36. The zero-order valence-electron chi connectivity index (χ0n) is 11.6. The number of para-hydroxylation sites is 1. The number of carbonyl (C=O) groups excluding carboxylic acids is 2. The molecule has 104 valence electrons. The van der Waals surface area contributed by atoms with Crippen LogP contribution in [-0.2, 0) is 4.79 Å². The van der Waals surface area contributed by atoms with E-state index in [1.165, 1.54) is 0 Å². The van der Waals surface area contributed by atoms with E-state index in [-0.39, 0.29) is 18.4 Å². The summed E-state index contributed by atoms with van der Waals surface area (Å²) in [5.74, 6) is -0.407. The van der Waals surface area contributed by atoms with Crippen LogP contribution in [0.3, 0.4) is 0 Å². The number of amides is 2. The van der Waals surface area contributed by atoms with E-state index < -0.39 is 5.41 Å². The van der Waals surface area contributed by atoms with E-state index in [1.54, 1.807) is 31.3 Å². The van der Waals surface area contributed by atoms with Gasteiger partial charge in [-0.1, -0.05) is 19.1 Å². The molecule has 0 heterocycles. The van der Waals surface area contributed by atoms with Gasteiger partial charge in [-0.05, 0) is 25.5 Å². The summed E-state index contributed by atoms with van der Waals surface area (Å²) in [5, 5.41) is 5.34. The van der Waals surface area contributed by atoms with Gasteiger partial charge in [0.15, 0.2) is 0 Å². The first-order valence-electron chi connectivity index (χ1n) is 6.31. The molecular formula is C14H21N3O2. The highest BCUT2D eigenvalue weighted by Gasteiger charge is 2.30. The average Bonchev–Trinajstić information content (AvgIpc) is 2.46. The van der Waals surface area contributed by atoms with Gasteiger partial charge in [0.2, 0.25) is 5.91 Å². The summed E-state index contributed by atoms with van der Waals surface area (Å²) in [5.41, 5.74) is 5.97. The van der Waals surface area contributed by atoms with Gasteiger partial charge in [0, 0.05) is 13.6 Å². The lowest BCUT2D eigenvalue weighted by Crippen LogP contribution is -2.39. The maximum atomic E-state index is 12.2. The first kappa shape index (κ1) is 15.2. The Bertz CT molecular complexity index is 468. The molecule has 0 fully saturated rings. The Labute approximate surface area is 113 Å². The molecule has 1 rings (SSSR count). The highest BCUT2D eigenvalue weighted by atomic mass is 16.2. The van der Waals surface area contributed by atoms with Crippen LogP contribution in [0.5, 0.6) is 0 Å². The van der Waals surface area contributed by atoms with Crippen molar-refractivity contribution in [2.75, 3.05) is 18.9 Å². The first-order valence-corrected chi connectivity index (χ1v) is 6.31. The Hall–Kier alpha value is -1.88. The highest BCUT2D eigenvalue weighted by Crippen LogP contribution is 2.23. The van der Waals surface area contributed by atoms with E-state index in [0.29, 0.717) is 17.7 Å². The largest absolute Gasteiger partial charge is 0.355 e. The Morgan fingerprint density at radius 1 is 1.32 bits per heavy atom. The molecule has 0 spiro atoms. The van der Waals surface area contributed by atoms with Gasteiger partial charge in [-0.25, -0.2) is 0 Å². The minimum Gasteiger partial charge on any atom is -0.355 e. The quantitative estimate of drug-likeness (QED) is 0.750. The fourth-order valence-corrected chi connectivity index (χ4v) is 1.60. The van der Waals surface area contributed by atoms with E-state index in [0.717, 1.165) is 0 Å². The summed E-state index contributed by atoms with van der Waals surface area (Å²) in [6.07, 6.45) is 0.636. The van der Waals surface area contributed by atoms with Crippen LogP contribution in [-0.4, -0.2) is 25.4 Å². The molecule has 1 unspecified atom stereocenters. The van der Waals surface area contributed by atoms with Crippen molar-refractivity contribution in [1.82, 2.24) is 5.32 Å². The van der Waals surface area contributed by atoms with Crippen LogP contribution >= 0.6 is 0 Å². The van der Waals surface area contributed by atoms with E-state index in [9.17, 15) is 9.59 Å². The Morgan fingerprint density at radius 3 is 2.47 bits per heavy atom. The molecule has 0 bridgehead atoms. The number of carbonyl (C=O) groups is 2. The Kier molecular flexibility index (Phi) is 5.06. The molecule has 0 saturated heterocycles. The van der Waals surface area contributed by atoms with E-state index in [2.05, 4.69) is 10.6 Å². The number of hydrogen-bond acceptors (Lipinski definition) is 3. The Balaban J connectivity index is 3.00. The second-order valence-corrected chi connectivity index (χ2v) is 4.70. The minimum atomic E-state index is -0.629. The molecule has 5 nitrogen and oxygen atoms in total. The maximum Gasteiger partial charge on any atom is 0.253 e. The summed E-state index contributed by atoms with van der Waals surface area (Å²) in [6, 6.07) is 6.89. The molecule has 1 aromatic carbocycles. The first-order chi connectivity index (χ1) is 8.98. The number of anilines is 1. The second-order valence-electron chi connectivity index (χ2n) is 4.70. The summed E-state index contributed by atoms with van der Waals surface area (Å²) in [7, 11) is 1.55. The van der Waals surface area contributed by atoms with Crippen LogP contribution in [0.2, 0.25) is 0 Å². The topological polar surface area (TPSA) is 84.2 Å². The van der Waals surface area contributed by atoms with Gasteiger partial charge in [0.1, 0.15) is 0 Å². The smallest absolute Gasteiger partial charge is 0.253 e. The third kappa shape index (κ3) is 3.32. The molecule has 4 N–H and O–H groups in total. The number of nitrogens with one attached hydrogen (secondary N) is 2. The maximum absolute atomic E-state index is 12.2. The van der Waals surface area contributed by atoms with Gasteiger partial charge in [-0.3, -0.25) is 9.59 Å². The van der Waals surface area contributed by atoms with Gasteiger partial charge in [-0.15, -0.1) is 0 Å². The van der Waals surface area contributed by atoms with Crippen LogP contribution in [0.1, 0.15) is 30.6 Å². The summed E-state index contributed by atoms with van der Waals surface area (Å²) >= 11 is 0. The normalized spacial score (nSPS) is 13.5. The molecule has 0 aliphatic heterocycles. The van der Waals surface area contributed by atoms with E-state index >= 15 is 0 Å². The summed E-state index contributed by atoms with van der Waals surface area (Å²) < 4.78 is 0. The van der Waals surface area contributed by atoms with Gasteiger partial charge < -0.3 is 16.4 Å². The zero-order valence-corrected chi connectivity index (χ0v) is 11.6. The molecule has 0 aliphatic carbocycles. The van der Waals surface area contributed by atoms with Crippen LogP contribution in [0, 0.1) is 5.41 Å². The number of nitrogens with two attached hydrogens (primary N) is 1. The van der Waals surface area contributed by atoms with Crippen LogP contribution < -0.4 is 16.4 Å². The molecule has 1 atom stereocenters. The van der Waals surface area contributed by atoms with E-state index in [4.69, 9.17) is 5.73 Å². The Morgan fingerprint density at radius 2 is 1.95 bits per heavy atom. The zero-order chi connectivity index (χ0) is 14.5. The lowest BCUT2D eigenvalue weighted by atomic mass is 9.86. The second kappa shape index (κ2) is 6.33. The molecular weight excluding hydrogens is 242 g/mol. The molecule has 5 heteroatoms. The number of benzene rings is 1. The van der Waals surface area contributed by atoms with Crippen molar-refractivity contribution in [3.63, 3.8) is 0 Å². The van der Waals surface area contributed by atoms with E-state index in [1.807, 2.05) is 13.8 Å². The SMILES string of the molecule is CCC(C)(CN)C(=O)Nc1ccccc1C(=O)NC. The van der Waals surface area contributed by atoms with Gasteiger partial charge >= 0.3 is 0 Å². The van der Waals surface area contributed by atoms with Crippen LogP contribution in [0.25, 0.3) is 0 Å². The fourth-order valence-electron chi connectivity index (χ4n) is 1.60. The van der Waals surface area contributed by atoms with Gasteiger partial charge in [0.25, 0.3) is 5.91 Å². The van der Waals surface area contributed by atoms with Crippen molar-refractivity contribution in [3.05, 3.63) is 29.8 Å². The molecule has 19 heavy (non-hydrogen) atoms. The summed E-state index contributed by atoms with van der Waals surface area (Å²) in [6.45, 7) is 3.99. The molecule has 0 aliphatic rings. The standard InChI is InChI=1S/C14H21N3O2/c1-4-14(2,9-15)13(19)17-11-8-6-5-7-10(11)12(18)16-3/h5-8H,4,9,15H2,1-3H3,(H,16,18)(H,17,19). The van der Waals surface area contributed by atoms with Crippen LogP contribution in [0.15, 0.2) is 24.3 Å². The van der Waals surface area contributed by atoms with Crippen molar-refractivity contribution >= 4 is 17.5 Å². The lowest BCUT2D eigenvalue weighted by Gasteiger charge is -2.25. The van der Waals surface area contributed by atoms with Crippen molar-refractivity contribution in [1.29, 1.82) is 0 Å². The fraction of sp³-hybridized carbons (Fsp3) is 0.429. The summed E-state index contributed by atoms with van der Waals surface area (Å²) in [4.78, 5) is 24.0. The number of rotatable bonds is 5. The number of hydrogen-bond donors (Lipinski definition) is 3. The van der Waals surface area contributed by atoms with Crippen molar-refractivity contribution in [2.24, 2.45) is 11.1 Å². The molecule has 0 saturated carbocycles. The molecule has 1 aromatic rings. The highest BCUT2D eigenvalue weighted by molar-refractivity contribution is 6.04. The van der Waals surface area contributed by atoms with Gasteiger partial charge in [0.05, 0.1) is 16.7 Å². The predicted molar refractivity (Wildman–Crippen MR) is 75.9 cm³/mol. The van der Waals surface area contributed by atoms with Crippen molar-refractivity contribution in [2.45, 2.75) is 20.3 Å². The van der Waals surface area contributed by atoms with Crippen molar-refractivity contribution < 1.29 is 9.59 Å². The lowest BCUT2D eigenvalue weighted by molar-refractivity contribution is -0.124. The molecule has 0 aromatic heterocycles. The minimum absolute atomic E-state index is 0.172.